The van der Waals surface area contributed by atoms with Crippen molar-refractivity contribution in [2.45, 2.75) is 42.9 Å². The third kappa shape index (κ3) is 4.53. The SMILES string of the molecule is N#C[C@H]1CCOCC1N1NC(Nc2ccc(C(O)(c3ccncc3)C(F)(F)F)cc2)C2C(=O)NCCC21. The number of alkyl halides is 3. The number of fused-ring (bicyclic) bond motifs is 1. The number of aromatic nitrogens is 1. The number of benzene rings is 1. The molecule has 196 valence electrons. The van der Waals surface area contributed by atoms with Crippen LogP contribution in [0.2, 0.25) is 0 Å². The number of nitrogens with one attached hydrogen (secondary N) is 3. The normalized spacial score (nSPS) is 30.0. The molecule has 1 aromatic heterocycles. The third-order valence-corrected chi connectivity index (χ3v) is 7.44. The first-order valence-electron chi connectivity index (χ1n) is 12.1. The number of hydrazine groups is 1. The fourth-order valence-corrected chi connectivity index (χ4v) is 5.52. The van der Waals surface area contributed by atoms with E-state index in [9.17, 15) is 28.3 Å². The summed E-state index contributed by atoms with van der Waals surface area (Å²) in [6.07, 6.45) is -1.86. The Labute approximate surface area is 211 Å². The van der Waals surface area contributed by atoms with E-state index >= 15 is 0 Å². The van der Waals surface area contributed by atoms with Gasteiger partial charge in [-0.1, -0.05) is 12.1 Å². The highest BCUT2D eigenvalue weighted by atomic mass is 19.4. The maximum absolute atomic E-state index is 14.0. The zero-order valence-electron chi connectivity index (χ0n) is 19.8. The zero-order valence-corrected chi connectivity index (χ0v) is 19.8. The Kier molecular flexibility index (Phi) is 6.80. The van der Waals surface area contributed by atoms with Crippen molar-refractivity contribution in [3.63, 3.8) is 0 Å². The Morgan fingerprint density at radius 1 is 1.11 bits per heavy atom. The maximum atomic E-state index is 14.0. The van der Waals surface area contributed by atoms with Gasteiger partial charge in [-0.15, -0.1) is 0 Å². The number of anilines is 1. The van der Waals surface area contributed by atoms with E-state index in [1.807, 2.05) is 5.01 Å². The number of pyridine rings is 1. The summed E-state index contributed by atoms with van der Waals surface area (Å²) in [5, 5.41) is 28.5. The second kappa shape index (κ2) is 9.90. The molecule has 0 saturated carbocycles. The van der Waals surface area contributed by atoms with Gasteiger partial charge >= 0.3 is 6.18 Å². The van der Waals surface area contributed by atoms with Crippen LogP contribution in [-0.2, 0) is 15.1 Å². The minimum absolute atomic E-state index is 0.144. The molecule has 3 saturated heterocycles. The van der Waals surface area contributed by atoms with Crippen LogP contribution in [-0.4, -0.2) is 65.2 Å². The molecule has 5 unspecified atom stereocenters. The van der Waals surface area contributed by atoms with Crippen LogP contribution in [0.15, 0.2) is 48.8 Å². The lowest BCUT2D eigenvalue weighted by atomic mass is 9.86. The molecular formula is C25H27F3N6O3. The molecule has 37 heavy (non-hydrogen) atoms. The number of rotatable bonds is 5. The first-order valence-corrected chi connectivity index (χ1v) is 12.1. The Bertz CT molecular complexity index is 1160. The van der Waals surface area contributed by atoms with E-state index in [0.717, 1.165) is 12.1 Å². The highest BCUT2D eigenvalue weighted by Crippen LogP contribution is 2.44. The van der Waals surface area contributed by atoms with E-state index in [4.69, 9.17) is 4.74 Å². The fraction of sp³-hybridized carbons (Fsp3) is 0.480. The number of carbonyl (C=O) groups excluding carboxylic acids is 1. The summed E-state index contributed by atoms with van der Waals surface area (Å²) < 4.78 is 47.7. The van der Waals surface area contributed by atoms with Gasteiger partial charge in [0, 0.05) is 42.8 Å². The minimum Gasteiger partial charge on any atom is -0.380 e. The van der Waals surface area contributed by atoms with Crippen LogP contribution in [0.4, 0.5) is 18.9 Å². The number of nitrogens with zero attached hydrogens (tertiary/aromatic N) is 3. The van der Waals surface area contributed by atoms with Crippen molar-refractivity contribution in [2.75, 3.05) is 25.1 Å². The van der Waals surface area contributed by atoms with E-state index in [1.165, 1.54) is 36.7 Å². The summed E-state index contributed by atoms with van der Waals surface area (Å²) in [4.78, 5) is 16.6. The van der Waals surface area contributed by atoms with Crippen molar-refractivity contribution < 1.29 is 27.8 Å². The molecule has 4 N–H and O–H groups in total. The number of nitriles is 1. The monoisotopic (exact) mass is 516 g/mol. The topological polar surface area (TPSA) is 123 Å². The number of aliphatic hydroxyl groups is 1. The van der Waals surface area contributed by atoms with Gasteiger partial charge in [-0.25, -0.2) is 10.4 Å². The summed E-state index contributed by atoms with van der Waals surface area (Å²) >= 11 is 0. The lowest BCUT2D eigenvalue weighted by Gasteiger charge is -2.39. The van der Waals surface area contributed by atoms with Gasteiger partial charge in [0.2, 0.25) is 11.5 Å². The average Bonchev–Trinajstić information content (AvgIpc) is 3.27. The van der Waals surface area contributed by atoms with Crippen LogP contribution < -0.4 is 16.1 Å². The molecule has 3 fully saturated rings. The Balaban J connectivity index is 1.39. The largest absolute Gasteiger partial charge is 0.425 e. The van der Waals surface area contributed by atoms with Crippen LogP contribution in [0.25, 0.3) is 0 Å². The molecule has 4 heterocycles. The number of carbonyl (C=O) groups is 1. The quantitative estimate of drug-likeness (QED) is 0.475. The lowest BCUT2D eigenvalue weighted by Crippen LogP contribution is -2.56. The summed E-state index contributed by atoms with van der Waals surface area (Å²) in [6, 6.07) is 9.50. The second-order valence-electron chi connectivity index (χ2n) is 9.52. The van der Waals surface area contributed by atoms with Crippen LogP contribution in [0.3, 0.4) is 0 Å². The standard InChI is InChI=1S/C25H27F3N6O3/c26-25(27,28)24(36,17-5-9-30-10-6-17)16-1-3-18(4-2-16)32-22-21-19(7-11-31-23(21)35)34(33-22)20-14-37-12-8-15(20)13-29/h1-6,9-10,15,19-22,32-33,36H,7-8,11-12,14H2,(H,31,35)/t15-,19?,20?,21?,22?,24?/m1/s1. The van der Waals surface area contributed by atoms with Crippen molar-refractivity contribution in [3.05, 3.63) is 59.9 Å². The number of piperidine rings is 1. The molecule has 3 aliphatic heterocycles. The Morgan fingerprint density at radius 2 is 1.81 bits per heavy atom. The molecule has 0 bridgehead atoms. The van der Waals surface area contributed by atoms with Gasteiger partial charge in [0.25, 0.3) is 0 Å². The molecule has 6 atom stereocenters. The summed E-state index contributed by atoms with van der Waals surface area (Å²) in [7, 11) is 0. The third-order valence-electron chi connectivity index (χ3n) is 7.44. The van der Waals surface area contributed by atoms with Gasteiger partial charge in [0.1, 0.15) is 6.17 Å². The average molecular weight is 517 g/mol. The number of halogens is 3. The molecule has 0 aliphatic carbocycles. The van der Waals surface area contributed by atoms with Crippen LogP contribution in [0.1, 0.15) is 24.0 Å². The van der Waals surface area contributed by atoms with Crippen LogP contribution in [0.5, 0.6) is 0 Å². The smallest absolute Gasteiger partial charge is 0.380 e. The lowest BCUT2D eigenvalue weighted by molar-refractivity contribution is -0.248. The van der Waals surface area contributed by atoms with E-state index in [1.54, 1.807) is 0 Å². The van der Waals surface area contributed by atoms with Crippen LogP contribution >= 0.6 is 0 Å². The van der Waals surface area contributed by atoms with Gasteiger partial charge in [0.15, 0.2) is 0 Å². The summed E-state index contributed by atoms with van der Waals surface area (Å²) in [5.41, 5.74) is -0.0919. The van der Waals surface area contributed by atoms with Crippen molar-refractivity contribution in [3.8, 4) is 6.07 Å². The molecular weight excluding hydrogens is 489 g/mol. The predicted molar refractivity (Wildman–Crippen MR) is 125 cm³/mol. The number of ether oxygens (including phenoxy) is 1. The summed E-state index contributed by atoms with van der Waals surface area (Å²) in [6.45, 7) is 1.38. The molecule has 9 nitrogen and oxygen atoms in total. The van der Waals surface area contributed by atoms with E-state index in [0.29, 0.717) is 38.3 Å². The fourth-order valence-electron chi connectivity index (χ4n) is 5.52. The van der Waals surface area contributed by atoms with Gasteiger partial charge < -0.3 is 20.5 Å². The van der Waals surface area contributed by atoms with Gasteiger partial charge in [-0.3, -0.25) is 9.78 Å². The summed E-state index contributed by atoms with van der Waals surface area (Å²) in [5.74, 6) is -0.883. The van der Waals surface area contributed by atoms with Gasteiger partial charge in [-0.05, 0) is 42.7 Å². The Hall–Kier alpha value is -3.24. The van der Waals surface area contributed by atoms with Crippen LogP contribution in [0, 0.1) is 23.2 Å². The van der Waals surface area contributed by atoms with E-state index < -0.39 is 23.9 Å². The number of amides is 1. The van der Waals surface area contributed by atoms with Gasteiger partial charge in [-0.2, -0.15) is 18.4 Å². The van der Waals surface area contributed by atoms with E-state index in [2.05, 4.69) is 27.1 Å². The zero-order chi connectivity index (χ0) is 26.2. The first kappa shape index (κ1) is 25.4. The van der Waals surface area contributed by atoms with Crippen molar-refractivity contribution >= 4 is 11.6 Å². The molecule has 0 spiro atoms. The molecule has 5 rings (SSSR count). The highest BCUT2D eigenvalue weighted by Gasteiger charge is 2.56. The second-order valence-corrected chi connectivity index (χ2v) is 9.52. The van der Waals surface area contributed by atoms with E-state index in [-0.39, 0.29) is 35.0 Å². The Morgan fingerprint density at radius 3 is 2.49 bits per heavy atom. The number of hydrogen-bond acceptors (Lipinski definition) is 8. The highest BCUT2D eigenvalue weighted by molar-refractivity contribution is 5.82. The maximum Gasteiger partial charge on any atom is 0.425 e. The minimum atomic E-state index is -4.97. The molecule has 3 aliphatic rings. The predicted octanol–water partition coefficient (Wildman–Crippen LogP) is 1.87. The number of hydrogen-bond donors (Lipinski definition) is 4. The molecule has 1 amide bonds. The van der Waals surface area contributed by atoms with Crippen molar-refractivity contribution in [1.29, 1.82) is 5.26 Å². The molecule has 2 aromatic rings. The molecule has 0 radical (unpaired) electrons. The first-order chi connectivity index (χ1) is 17.7. The van der Waals surface area contributed by atoms with Crippen molar-refractivity contribution in [1.82, 2.24) is 20.7 Å². The van der Waals surface area contributed by atoms with Gasteiger partial charge in [0.05, 0.1) is 30.6 Å². The van der Waals surface area contributed by atoms with Crippen molar-refractivity contribution in [2.24, 2.45) is 11.8 Å². The molecule has 12 heteroatoms. The molecule has 1 aromatic carbocycles.